The number of nitrogens with zero attached hydrogens (tertiary/aromatic N) is 2. The highest BCUT2D eigenvalue weighted by Crippen LogP contribution is 2.01. The zero-order chi connectivity index (χ0) is 11.2. The van der Waals surface area contributed by atoms with Gasteiger partial charge in [0.15, 0.2) is 24.8 Å². The van der Waals surface area contributed by atoms with Gasteiger partial charge >= 0.3 is 6.17 Å². The zero-order valence-corrected chi connectivity index (χ0v) is 11.9. The first-order chi connectivity index (χ1) is 7.92. The van der Waals surface area contributed by atoms with E-state index in [-0.39, 0.29) is 24.8 Å². The second kappa shape index (κ2) is 8.90. The van der Waals surface area contributed by atoms with Crippen LogP contribution in [0.5, 0.6) is 0 Å². The first-order valence-electron chi connectivity index (χ1n) is 5.83. The molecule has 2 aromatic rings. The Kier molecular flexibility index (Phi) is 8.34. The summed E-state index contributed by atoms with van der Waals surface area (Å²) >= 11 is 0. The van der Waals surface area contributed by atoms with Crippen molar-refractivity contribution in [1.82, 2.24) is 0 Å². The van der Waals surface area contributed by atoms with Crippen molar-refractivity contribution in [3.8, 4) is 0 Å². The predicted molar refractivity (Wildman–Crippen MR) is 62.6 cm³/mol. The summed E-state index contributed by atoms with van der Waals surface area (Å²) in [6, 6.07) is 12.4. The van der Waals surface area contributed by atoms with E-state index in [0.29, 0.717) is 6.17 Å². The maximum absolute atomic E-state index is 2.25. The third-order valence-corrected chi connectivity index (χ3v) is 2.71. The minimum absolute atomic E-state index is 0. The van der Waals surface area contributed by atoms with Gasteiger partial charge in [-0.3, -0.25) is 0 Å². The minimum Gasteiger partial charge on any atom is -1.00 e. The van der Waals surface area contributed by atoms with E-state index in [4.69, 9.17) is 0 Å². The molecule has 0 saturated carbocycles. The van der Waals surface area contributed by atoms with Crippen molar-refractivity contribution in [2.75, 3.05) is 0 Å². The van der Waals surface area contributed by atoms with Gasteiger partial charge in [0, 0.05) is 24.3 Å². The van der Waals surface area contributed by atoms with Gasteiger partial charge in [0.1, 0.15) is 0 Å². The van der Waals surface area contributed by atoms with Crippen molar-refractivity contribution >= 4 is 0 Å². The molecular weight excluding hydrogens is 267 g/mol. The molecule has 0 aliphatic carbocycles. The summed E-state index contributed by atoms with van der Waals surface area (Å²) < 4.78 is 4.51. The second-order valence-electron chi connectivity index (χ2n) is 3.91. The molecule has 0 unspecified atom stereocenters. The van der Waals surface area contributed by atoms with Gasteiger partial charge in [0.05, 0.1) is 6.42 Å². The summed E-state index contributed by atoms with van der Waals surface area (Å²) in [6.45, 7) is 2.22. The molecular formula is C14H18Cl2N2. The molecule has 0 aliphatic heterocycles. The number of hydrogen-bond donors (Lipinski definition) is 0. The van der Waals surface area contributed by atoms with E-state index in [9.17, 15) is 0 Å². The molecule has 0 fully saturated rings. The molecule has 0 amide bonds. The number of aromatic nitrogens is 2. The molecule has 0 aromatic carbocycles. The topological polar surface area (TPSA) is 7.76 Å². The van der Waals surface area contributed by atoms with Gasteiger partial charge < -0.3 is 24.8 Å². The zero-order valence-electron chi connectivity index (χ0n) is 10.4. The van der Waals surface area contributed by atoms with Crippen LogP contribution >= 0.6 is 0 Å². The lowest BCUT2D eigenvalue weighted by Gasteiger charge is -2.06. The molecule has 2 rings (SSSR count). The largest absolute Gasteiger partial charge is 1.00 e. The lowest BCUT2D eigenvalue weighted by molar-refractivity contribution is -0.945. The summed E-state index contributed by atoms with van der Waals surface area (Å²) in [5.74, 6) is 0. The predicted octanol–water partition coefficient (Wildman–Crippen LogP) is -3.88. The molecule has 2 nitrogen and oxygen atoms in total. The van der Waals surface area contributed by atoms with Gasteiger partial charge in [-0.25, -0.2) is 0 Å². The third kappa shape index (κ3) is 4.28. The Balaban J connectivity index is 0.00000144. The van der Waals surface area contributed by atoms with Crippen LogP contribution in [0.1, 0.15) is 25.9 Å². The lowest BCUT2D eigenvalue weighted by Crippen LogP contribution is -3.00. The van der Waals surface area contributed by atoms with E-state index in [1.54, 1.807) is 0 Å². The van der Waals surface area contributed by atoms with E-state index in [1.807, 2.05) is 0 Å². The maximum atomic E-state index is 2.25. The van der Waals surface area contributed by atoms with Crippen LogP contribution < -0.4 is 33.9 Å². The first kappa shape index (κ1) is 16.9. The van der Waals surface area contributed by atoms with Crippen LogP contribution in [0.25, 0.3) is 0 Å². The molecule has 18 heavy (non-hydrogen) atoms. The van der Waals surface area contributed by atoms with Crippen molar-refractivity contribution in [3.63, 3.8) is 0 Å². The highest BCUT2D eigenvalue weighted by molar-refractivity contribution is 4.85. The van der Waals surface area contributed by atoms with Gasteiger partial charge in [0.25, 0.3) is 0 Å². The summed E-state index contributed by atoms with van der Waals surface area (Å²) in [7, 11) is 0. The Morgan fingerprint density at radius 1 is 0.722 bits per heavy atom. The van der Waals surface area contributed by atoms with E-state index in [0.717, 1.165) is 6.42 Å². The van der Waals surface area contributed by atoms with Crippen LogP contribution in [0, 0.1) is 0 Å². The molecule has 0 atom stereocenters. The van der Waals surface area contributed by atoms with Gasteiger partial charge in [-0.1, -0.05) is 19.1 Å². The van der Waals surface area contributed by atoms with Crippen molar-refractivity contribution in [2.45, 2.75) is 25.9 Å². The molecule has 2 heterocycles. The van der Waals surface area contributed by atoms with Crippen molar-refractivity contribution in [1.29, 1.82) is 0 Å². The van der Waals surface area contributed by atoms with Crippen molar-refractivity contribution in [2.24, 2.45) is 0 Å². The minimum atomic E-state index is 0. The average Bonchev–Trinajstić information content (AvgIpc) is 2.38. The molecule has 0 spiro atoms. The first-order valence-corrected chi connectivity index (χ1v) is 5.83. The Morgan fingerprint density at radius 3 is 1.44 bits per heavy atom. The van der Waals surface area contributed by atoms with Crippen LogP contribution in [-0.2, 0) is 0 Å². The van der Waals surface area contributed by atoms with Crippen LogP contribution in [0.4, 0.5) is 0 Å². The van der Waals surface area contributed by atoms with Crippen LogP contribution in [-0.4, -0.2) is 0 Å². The molecule has 0 bridgehead atoms. The molecule has 0 saturated heterocycles. The van der Waals surface area contributed by atoms with Gasteiger partial charge in [-0.2, -0.15) is 0 Å². The van der Waals surface area contributed by atoms with E-state index >= 15 is 0 Å². The third-order valence-electron chi connectivity index (χ3n) is 2.71. The number of hydrogen-bond acceptors (Lipinski definition) is 0. The maximum Gasteiger partial charge on any atom is 0.352 e. The van der Waals surface area contributed by atoms with Crippen LogP contribution in [0.2, 0.25) is 0 Å². The summed E-state index contributed by atoms with van der Waals surface area (Å²) in [5, 5.41) is 0. The summed E-state index contributed by atoms with van der Waals surface area (Å²) in [6.07, 6.45) is 11.2. The Morgan fingerprint density at radius 2 is 1.11 bits per heavy atom. The van der Waals surface area contributed by atoms with Crippen LogP contribution in [0.3, 0.4) is 0 Å². The number of rotatable bonds is 4. The molecule has 98 valence electrons. The number of halogens is 2. The molecule has 0 radical (unpaired) electrons. The fourth-order valence-corrected chi connectivity index (χ4v) is 1.93. The normalized spacial score (nSPS) is 9.44. The SMILES string of the molecule is CCCC([n+]1ccccc1)[n+]1ccccc1.[Cl-].[Cl-]. The Hall–Kier alpha value is -1.12. The van der Waals surface area contributed by atoms with E-state index in [1.165, 1.54) is 6.42 Å². The Labute approximate surface area is 121 Å². The summed E-state index contributed by atoms with van der Waals surface area (Å²) in [4.78, 5) is 0. The van der Waals surface area contributed by atoms with Gasteiger partial charge in [-0.15, -0.1) is 9.13 Å². The number of pyridine rings is 2. The van der Waals surface area contributed by atoms with Gasteiger partial charge in [-0.05, 0) is 6.42 Å². The fraction of sp³-hybridized carbons (Fsp3) is 0.286. The average molecular weight is 285 g/mol. The second-order valence-corrected chi connectivity index (χ2v) is 3.91. The molecule has 4 heteroatoms. The monoisotopic (exact) mass is 284 g/mol. The van der Waals surface area contributed by atoms with Crippen molar-refractivity contribution in [3.05, 3.63) is 61.2 Å². The standard InChI is InChI=1S/C14H18N2.2ClH/c1-2-9-14(15-10-5-3-6-11-15)16-12-7-4-8-13-16;;/h3-8,10-14H,2,9H2,1H3;2*1H/q+2;;/p-2. The Bertz CT molecular complexity index is 381. The van der Waals surface area contributed by atoms with Gasteiger partial charge in [0.2, 0.25) is 0 Å². The quantitative estimate of drug-likeness (QED) is 0.508. The fourth-order valence-electron chi connectivity index (χ4n) is 1.93. The molecule has 0 aliphatic rings. The smallest absolute Gasteiger partial charge is 0.352 e. The summed E-state index contributed by atoms with van der Waals surface area (Å²) in [5.41, 5.74) is 0. The molecule has 2 aromatic heterocycles. The highest BCUT2D eigenvalue weighted by atomic mass is 35.5. The van der Waals surface area contributed by atoms with E-state index in [2.05, 4.69) is 77.2 Å². The van der Waals surface area contributed by atoms with Crippen LogP contribution in [0.15, 0.2) is 61.2 Å². The lowest BCUT2D eigenvalue weighted by atomic mass is 10.2. The molecule has 0 N–H and O–H groups in total. The van der Waals surface area contributed by atoms with Crippen molar-refractivity contribution < 1.29 is 33.9 Å². The van der Waals surface area contributed by atoms with E-state index < -0.39 is 0 Å². The highest BCUT2D eigenvalue weighted by Gasteiger charge is 2.24.